The van der Waals surface area contributed by atoms with Crippen molar-refractivity contribution in [2.75, 3.05) is 0 Å². The molecule has 394 valence electrons. The zero-order valence-corrected chi connectivity index (χ0v) is 49.4. The van der Waals surface area contributed by atoms with E-state index in [1.807, 2.05) is 22.7 Å². The number of aromatic nitrogens is 2. The fourth-order valence-corrected chi connectivity index (χ4v) is 28.4. The number of thiophene rings is 2. The average Bonchev–Trinajstić information content (AvgIpc) is 2.04. The largest absolute Gasteiger partial charge is 0.309 e. The molecule has 0 aliphatic carbocycles. The fourth-order valence-electron chi connectivity index (χ4n) is 14.6. The lowest BCUT2D eigenvalue weighted by Gasteiger charge is -2.35. The maximum absolute atomic E-state index is 3.21. The molecule has 2 nitrogen and oxygen atoms in total. The SMILES string of the molecule is c1ccc([Si](c2ccccc2)(c2cccc(-n3c4ccccc4c4cc(-n5c6ccccc6c6ccccc65)ccc43)c2)c2cccc3c2sc2c([Si](c4ccccc4)(c4ccccc4)c4cccc5c4sc4ccccc45)cccc23)cc1. The van der Waals surface area contributed by atoms with Crippen molar-refractivity contribution in [1.29, 1.82) is 0 Å². The lowest BCUT2D eigenvalue weighted by molar-refractivity contribution is 1.17. The average molecular weight is 1140 g/mol. The van der Waals surface area contributed by atoms with Gasteiger partial charge in [0.15, 0.2) is 16.1 Å². The summed E-state index contributed by atoms with van der Waals surface area (Å²) in [4.78, 5) is 0. The highest BCUT2D eigenvalue weighted by molar-refractivity contribution is 7.35. The summed E-state index contributed by atoms with van der Waals surface area (Å²) in [6.45, 7) is 0. The minimum atomic E-state index is -3.21. The van der Waals surface area contributed by atoms with Crippen LogP contribution in [-0.2, 0) is 0 Å². The molecule has 0 bridgehead atoms. The molecule has 4 aromatic heterocycles. The molecule has 13 aromatic carbocycles. The van der Waals surface area contributed by atoms with Crippen LogP contribution in [-0.4, -0.2) is 25.3 Å². The molecule has 4 heterocycles. The van der Waals surface area contributed by atoms with Crippen LogP contribution in [0.2, 0.25) is 0 Å². The monoisotopic (exact) mass is 1140 g/mol. The van der Waals surface area contributed by atoms with Crippen molar-refractivity contribution in [3.8, 4) is 11.4 Å². The first kappa shape index (κ1) is 49.0. The smallest absolute Gasteiger partial charge is 0.182 e. The summed E-state index contributed by atoms with van der Waals surface area (Å²) in [7, 11) is -6.32. The van der Waals surface area contributed by atoms with Crippen molar-refractivity contribution in [2.45, 2.75) is 0 Å². The number of fused-ring (bicyclic) bond motifs is 12. The number of hydrogen-bond donors (Lipinski definition) is 0. The van der Waals surface area contributed by atoms with Crippen LogP contribution < -0.4 is 41.5 Å². The van der Waals surface area contributed by atoms with Gasteiger partial charge in [0.25, 0.3) is 0 Å². The summed E-state index contributed by atoms with van der Waals surface area (Å²) in [5.74, 6) is 0. The Bertz CT molecular complexity index is 5260. The van der Waals surface area contributed by atoms with Crippen molar-refractivity contribution < 1.29 is 0 Å². The lowest BCUT2D eigenvalue weighted by atomic mass is 10.1. The molecule has 0 N–H and O–H groups in total. The molecule has 17 aromatic rings. The van der Waals surface area contributed by atoms with Gasteiger partial charge in [-0.25, -0.2) is 0 Å². The van der Waals surface area contributed by atoms with Crippen LogP contribution in [0.3, 0.4) is 0 Å². The van der Waals surface area contributed by atoms with Gasteiger partial charge in [0.1, 0.15) is 0 Å². The predicted molar refractivity (Wildman–Crippen MR) is 368 cm³/mol. The molecule has 0 saturated heterocycles. The fraction of sp³-hybridized carbons (Fsp3) is 0. The molecule has 0 atom stereocenters. The van der Waals surface area contributed by atoms with Gasteiger partial charge < -0.3 is 9.13 Å². The normalized spacial score (nSPS) is 12.3. The second kappa shape index (κ2) is 19.5. The Morgan fingerprint density at radius 2 is 0.560 bits per heavy atom. The van der Waals surface area contributed by atoms with Gasteiger partial charge in [-0.05, 0) is 96.1 Å². The van der Waals surface area contributed by atoms with Gasteiger partial charge in [0, 0.05) is 73.3 Å². The van der Waals surface area contributed by atoms with E-state index in [1.165, 1.54) is 125 Å². The lowest BCUT2D eigenvalue weighted by Crippen LogP contribution is -2.75. The van der Waals surface area contributed by atoms with Gasteiger partial charge in [-0.15, -0.1) is 22.7 Å². The third kappa shape index (κ3) is 7.12. The van der Waals surface area contributed by atoms with Crippen LogP contribution in [0.15, 0.2) is 315 Å². The highest BCUT2D eigenvalue weighted by atomic mass is 32.1. The number of nitrogens with zero attached hydrogens (tertiary/aromatic N) is 2. The Balaban J connectivity index is 0.932. The van der Waals surface area contributed by atoms with Gasteiger partial charge in [0.05, 0.1) is 22.1 Å². The highest BCUT2D eigenvalue weighted by Gasteiger charge is 2.46. The summed E-state index contributed by atoms with van der Waals surface area (Å²) in [6, 6.07) is 120. The molecule has 0 aliphatic heterocycles. The van der Waals surface area contributed by atoms with Crippen molar-refractivity contribution in [3.05, 3.63) is 315 Å². The predicted octanol–water partition coefficient (Wildman–Crippen LogP) is 15.4. The maximum Gasteiger partial charge on any atom is 0.182 e. The summed E-state index contributed by atoms with van der Waals surface area (Å²) < 4.78 is 10.4. The minimum absolute atomic E-state index is 1.15. The first-order valence-electron chi connectivity index (χ1n) is 28.9. The first-order chi connectivity index (χ1) is 41.7. The Morgan fingerprint density at radius 1 is 0.214 bits per heavy atom. The molecular formula is C78H52N2S2Si2. The molecule has 0 fully saturated rings. The highest BCUT2D eigenvalue weighted by Crippen LogP contribution is 2.40. The van der Waals surface area contributed by atoms with Gasteiger partial charge in [-0.2, -0.15) is 0 Å². The van der Waals surface area contributed by atoms with Gasteiger partial charge in [-0.3, -0.25) is 0 Å². The van der Waals surface area contributed by atoms with Gasteiger partial charge in [-0.1, -0.05) is 261 Å². The van der Waals surface area contributed by atoms with E-state index in [-0.39, 0.29) is 0 Å². The second-order valence-electron chi connectivity index (χ2n) is 22.2. The maximum atomic E-state index is 2.55. The van der Waals surface area contributed by atoms with Gasteiger partial charge in [0.2, 0.25) is 0 Å². The van der Waals surface area contributed by atoms with E-state index in [0.29, 0.717) is 0 Å². The van der Waals surface area contributed by atoms with Gasteiger partial charge >= 0.3 is 0 Å². The number of rotatable bonds is 10. The standard InChI is InChI=1S/C78H52N2S2Si2/c1-5-26-55(27-6-1)83(56-28-7-2-8-29-56,59-34-21-25-53(51-59)79-70-44-19-15-37-62(70)67-52-54(49-50-71(67)79)80-68-42-17-13-35-60(68)61-36-14-18-43-69(61)80)73-46-23-40-65-66-41-24-48-75(78(66)82-77(65)73)84(57-30-9-3-10-31-57,58-32-11-4-12-33-58)74-47-22-39-64-63-38-16-20-45-72(63)81-76(64)74/h1-52H. The van der Waals surface area contributed by atoms with E-state index in [2.05, 4.69) is 325 Å². The quantitative estimate of drug-likeness (QED) is 0.0954. The molecule has 0 radical (unpaired) electrons. The minimum Gasteiger partial charge on any atom is -0.309 e. The third-order valence-corrected chi connectivity index (χ3v) is 30.7. The van der Waals surface area contributed by atoms with Crippen LogP contribution in [0.25, 0.3) is 95.3 Å². The number of benzene rings is 13. The molecule has 84 heavy (non-hydrogen) atoms. The second-order valence-corrected chi connectivity index (χ2v) is 31.8. The Labute approximate surface area is 496 Å². The Hall–Kier alpha value is -9.67. The number of hydrogen-bond acceptors (Lipinski definition) is 2. The van der Waals surface area contributed by atoms with Crippen molar-refractivity contribution in [2.24, 2.45) is 0 Å². The van der Waals surface area contributed by atoms with Crippen LogP contribution in [0, 0.1) is 0 Å². The summed E-state index contributed by atoms with van der Waals surface area (Å²) >= 11 is 3.97. The molecule has 17 rings (SSSR count). The zero-order valence-electron chi connectivity index (χ0n) is 45.7. The topological polar surface area (TPSA) is 9.86 Å². The van der Waals surface area contributed by atoms with E-state index in [9.17, 15) is 0 Å². The van der Waals surface area contributed by atoms with E-state index >= 15 is 0 Å². The van der Waals surface area contributed by atoms with Crippen molar-refractivity contribution in [3.63, 3.8) is 0 Å². The van der Waals surface area contributed by atoms with E-state index in [1.54, 1.807) is 0 Å². The molecule has 0 unspecified atom stereocenters. The molecule has 6 heteroatoms. The van der Waals surface area contributed by atoms with Crippen LogP contribution in [0.5, 0.6) is 0 Å². The molecular weight excluding hydrogens is 1090 g/mol. The van der Waals surface area contributed by atoms with Crippen LogP contribution in [0.4, 0.5) is 0 Å². The van der Waals surface area contributed by atoms with Crippen molar-refractivity contribution in [1.82, 2.24) is 9.13 Å². The Morgan fingerprint density at radius 3 is 1.07 bits per heavy atom. The van der Waals surface area contributed by atoms with E-state index in [4.69, 9.17) is 0 Å². The molecule has 0 saturated carbocycles. The summed E-state index contributed by atoms with van der Waals surface area (Å²) in [5, 5.41) is 21.3. The Kier molecular flexibility index (Phi) is 11.4. The number of para-hydroxylation sites is 3. The van der Waals surface area contributed by atoms with Crippen molar-refractivity contribution >= 4 is 164 Å². The molecule has 0 aliphatic rings. The molecule has 0 amide bonds. The molecule has 0 spiro atoms. The van der Waals surface area contributed by atoms with E-state index < -0.39 is 16.1 Å². The summed E-state index contributed by atoms with van der Waals surface area (Å²) in [5.41, 5.74) is 7.09. The van der Waals surface area contributed by atoms with E-state index in [0.717, 1.165) is 11.4 Å². The third-order valence-electron chi connectivity index (χ3n) is 18.0. The van der Waals surface area contributed by atoms with Crippen LogP contribution in [0.1, 0.15) is 0 Å². The summed E-state index contributed by atoms with van der Waals surface area (Å²) in [6.07, 6.45) is 0. The van der Waals surface area contributed by atoms with Crippen LogP contribution >= 0.6 is 22.7 Å². The first-order valence-corrected chi connectivity index (χ1v) is 34.5. The zero-order chi connectivity index (χ0) is 55.3.